The Morgan fingerprint density at radius 2 is 1.86 bits per heavy atom. The Kier molecular flexibility index (Phi) is 4.26. The summed E-state index contributed by atoms with van der Waals surface area (Å²) in [6.45, 7) is 7.50. The summed E-state index contributed by atoms with van der Waals surface area (Å²) in [6, 6.07) is 18.2. The molecule has 0 aromatic heterocycles. The highest BCUT2D eigenvalue weighted by Crippen LogP contribution is 2.32. The van der Waals surface area contributed by atoms with Crippen LogP contribution in [-0.2, 0) is 6.54 Å². The molecule has 1 aliphatic heterocycles. The number of hydrogen-bond donors (Lipinski definition) is 1. The molecule has 110 valence electrons. The maximum atomic E-state index is 3.53. The van der Waals surface area contributed by atoms with E-state index in [9.17, 15) is 0 Å². The Balaban J connectivity index is 1.98. The highest BCUT2D eigenvalue weighted by atomic mass is 15.2. The van der Waals surface area contributed by atoms with Crippen molar-refractivity contribution in [3.63, 3.8) is 0 Å². The van der Waals surface area contributed by atoms with Gasteiger partial charge in [-0.15, -0.1) is 0 Å². The molecule has 1 N–H and O–H groups in total. The first-order chi connectivity index (χ1) is 10.3. The van der Waals surface area contributed by atoms with E-state index in [4.69, 9.17) is 0 Å². The second-order valence-electron chi connectivity index (χ2n) is 5.83. The second kappa shape index (κ2) is 6.31. The van der Waals surface area contributed by atoms with Crippen molar-refractivity contribution in [1.29, 1.82) is 0 Å². The van der Waals surface area contributed by atoms with Crippen molar-refractivity contribution in [3.8, 4) is 0 Å². The van der Waals surface area contributed by atoms with Crippen molar-refractivity contribution in [2.24, 2.45) is 0 Å². The molecule has 1 heterocycles. The molecule has 3 rings (SSSR count). The van der Waals surface area contributed by atoms with Crippen LogP contribution in [0.4, 0.5) is 5.69 Å². The summed E-state index contributed by atoms with van der Waals surface area (Å²) in [5.41, 5.74) is 5.53. The third-order valence-corrected chi connectivity index (χ3v) is 4.37. The zero-order valence-electron chi connectivity index (χ0n) is 13.0. The van der Waals surface area contributed by atoms with Crippen molar-refractivity contribution in [3.05, 3.63) is 65.2 Å². The number of nitrogens with zero attached hydrogens (tertiary/aromatic N) is 1. The lowest BCUT2D eigenvalue weighted by Crippen LogP contribution is -2.32. The van der Waals surface area contributed by atoms with Gasteiger partial charge in [-0.3, -0.25) is 0 Å². The fraction of sp³-hybridized carbons (Fsp3) is 0.368. The van der Waals surface area contributed by atoms with Gasteiger partial charge in [-0.2, -0.15) is 0 Å². The number of nitrogens with one attached hydrogen (secondary N) is 1. The van der Waals surface area contributed by atoms with E-state index in [1.807, 2.05) is 0 Å². The van der Waals surface area contributed by atoms with E-state index in [1.165, 1.54) is 22.4 Å². The first-order valence-corrected chi connectivity index (χ1v) is 7.91. The molecule has 1 atom stereocenters. The number of fused-ring (bicyclic) bond motifs is 1. The first kappa shape index (κ1) is 14.2. The molecule has 21 heavy (non-hydrogen) atoms. The van der Waals surface area contributed by atoms with Crippen molar-refractivity contribution < 1.29 is 0 Å². The van der Waals surface area contributed by atoms with Gasteiger partial charge in [0.05, 0.1) is 6.04 Å². The second-order valence-corrected chi connectivity index (χ2v) is 5.83. The molecule has 2 nitrogen and oxygen atoms in total. The molecule has 0 radical (unpaired) electrons. The number of rotatable bonds is 3. The van der Waals surface area contributed by atoms with Gasteiger partial charge in [0.2, 0.25) is 0 Å². The molecule has 2 aromatic carbocycles. The number of anilines is 1. The van der Waals surface area contributed by atoms with E-state index >= 15 is 0 Å². The van der Waals surface area contributed by atoms with Crippen LogP contribution in [0, 0.1) is 6.92 Å². The number of hydrogen-bond acceptors (Lipinski definition) is 2. The summed E-state index contributed by atoms with van der Waals surface area (Å²) in [4.78, 5) is 2.57. The van der Waals surface area contributed by atoms with Crippen LogP contribution in [0.3, 0.4) is 0 Å². The van der Waals surface area contributed by atoms with Gasteiger partial charge in [0, 0.05) is 25.3 Å². The Labute approximate surface area is 127 Å². The topological polar surface area (TPSA) is 15.3 Å². The van der Waals surface area contributed by atoms with E-state index in [1.54, 1.807) is 0 Å². The largest absolute Gasteiger partial charge is 0.363 e. The molecule has 2 heteroatoms. The van der Waals surface area contributed by atoms with Crippen LogP contribution in [0.5, 0.6) is 0 Å². The third-order valence-electron chi connectivity index (χ3n) is 4.37. The van der Waals surface area contributed by atoms with E-state index in [0.717, 1.165) is 26.1 Å². The van der Waals surface area contributed by atoms with Crippen molar-refractivity contribution in [2.45, 2.75) is 32.9 Å². The molecular weight excluding hydrogens is 256 g/mol. The quantitative estimate of drug-likeness (QED) is 0.912. The Morgan fingerprint density at radius 1 is 1.10 bits per heavy atom. The van der Waals surface area contributed by atoms with Gasteiger partial charge in [-0.25, -0.2) is 0 Å². The van der Waals surface area contributed by atoms with Crippen LogP contribution in [-0.4, -0.2) is 13.1 Å². The molecule has 0 spiro atoms. The van der Waals surface area contributed by atoms with Crippen LogP contribution < -0.4 is 10.2 Å². The van der Waals surface area contributed by atoms with Gasteiger partial charge in [-0.1, -0.05) is 55.0 Å². The summed E-state index contributed by atoms with van der Waals surface area (Å²) in [6.07, 6.45) is 1.12. The minimum absolute atomic E-state index is 0.451. The lowest BCUT2D eigenvalue weighted by atomic mass is 10.00. The summed E-state index contributed by atoms with van der Waals surface area (Å²) >= 11 is 0. The molecule has 0 bridgehead atoms. The standard InChI is InChI=1S/C19H24N2/c1-3-18(16-10-8-15(2)9-11-16)21-13-12-20-14-17-6-4-5-7-19(17)21/h4-11,18,20H,3,12-14H2,1-2H3. The molecule has 2 aromatic rings. The summed E-state index contributed by atoms with van der Waals surface area (Å²) in [5.74, 6) is 0. The van der Waals surface area contributed by atoms with Gasteiger partial charge in [0.15, 0.2) is 0 Å². The molecule has 0 saturated heterocycles. The van der Waals surface area contributed by atoms with E-state index in [2.05, 4.69) is 72.6 Å². The zero-order chi connectivity index (χ0) is 14.7. The predicted molar refractivity (Wildman–Crippen MR) is 89.7 cm³/mol. The van der Waals surface area contributed by atoms with Gasteiger partial charge >= 0.3 is 0 Å². The Hall–Kier alpha value is -1.80. The predicted octanol–water partition coefficient (Wildman–Crippen LogP) is 4.06. The number of benzene rings is 2. The van der Waals surface area contributed by atoms with Crippen LogP contribution in [0.15, 0.2) is 48.5 Å². The van der Waals surface area contributed by atoms with Gasteiger partial charge in [0.25, 0.3) is 0 Å². The minimum Gasteiger partial charge on any atom is -0.363 e. The number of para-hydroxylation sites is 1. The fourth-order valence-corrected chi connectivity index (χ4v) is 3.23. The molecular formula is C19H24N2. The first-order valence-electron chi connectivity index (χ1n) is 7.91. The molecule has 0 fully saturated rings. The van der Waals surface area contributed by atoms with Crippen LogP contribution >= 0.6 is 0 Å². The summed E-state index contributed by atoms with van der Waals surface area (Å²) < 4.78 is 0. The monoisotopic (exact) mass is 280 g/mol. The molecule has 0 aliphatic carbocycles. The lowest BCUT2D eigenvalue weighted by molar-refractivity contribution is 0.590. The fourth-order valence-electron chi connectivity index (χ4n) is 3.23. The Morgan fingerprint density at radius 3 is 2.62 bits per heavy atom. The van der Waals surface area contributed by atoms with Crippen LogP contribution in [0.2, 0.25) is 0 Å². The van der Waals surface area contributed by atoms with Crippen molar-refractivity contribution >= 4 is 5.69 Å². The molecule has 1 aliphatic rings. The van der Waals surface area contributed by atoms with E-state index in [0.29, 0.717) is 6.04 Å². The average molecular weight is 280 g/mol. The van der Waals surface area contributed by atoms with E-state index in [-0.39, 0.29) is 0 Å². The highest BCUT2D eigenvalue weighted by Gasteiger charge is 2.22. The van der Waals surface area contributed by atoms with Gasteiger partial charge < -0.3 is 10.2 Å². The van der Waals surface area contributed by atoms with Crippen molar-refractivity contribution in [1.82, 2.24) is 5.32 Å². The maximum Gasteiger partial charge on any atom is 0.0540 e. The summed E-state index contributed by atoms with van der Waals surface area (Å²) in [7, 11) is 0. The van der Waals surface area contributed by atoms with Crippen molar-refractivity contribution in [2.75, 3.05) is 18.0 Å². The van der Waals surface area contributed by atoms with Gasteiger partial charge in [0.1, 0.15) is 0 Å². The SMILES string of the molecule is CCC(c1ccc(C)cc1)N1CCNCc2ccccc21. The number of aryl methyl sites for hydroxylation is 1. The Bertz CT molecular complexity index is 589. The maximum absolute atomic E-state index is 3.53. The molecule has 0 saturated carbocycles. The smallest absolute Gasteiger partial charge is 0.0540 e. The lowest BCUT2D eigenvalue weighted by Gasteiger charge is -2.33. The molecule has 1 unspecified atom stereocenters. The normalized spacial score (nSPS) is 16.2. The summed E-state index contributed by atoms with van der Waals surface area (Å²) in [5, 5.41) is 3.53. The van der Waals surface area contributed by atoms with E-state index < -0.39 is 0 Å². The molecule has 0 amide bonds. The minimum atomic E-state index is 0.451. The highest BCUT2D eigenvalue weighted by molar-refractivity contribution is 5.56. The zero-order valence-corrected chi connectivity index (χ0v) is 13.0. The van der Waals surface area contributed by atoms with Crippen LogP contribution in [0.1, 0.15) is 36.1 Å². The van der Waals surface area contributed by atoms with Gasteiger partial charge in [-0.05, 0) is 30.5 Å². The van der Waals surface area contributed by atoms with Crippen LogP contribution in [0.25, 0.3) is 0 Å². The average Bonchev–Trinajstić information content (AvgIpc) is 2.73. The third kappa shape index (κ3) is 2.96.